The van der Waals surface area contributed by atoms with Crippen molar-refractivity contribution < 1.29 is 17.6 Å². The van der Waals surface area contributed by atoms with Crippen LogP contribution in [0, 0.1) is 0 Å². The van der Waals surface area contributed by atoms with Gasteiger partial charge in [-0.3, -0.25) is 4.79 Å². The summed E-state index contributed by atoms with van der Waals surface area (Å²) >= 11 is 5.79. The molecule has 0 saturated carbocycles. The van der Waals surface area contributed by atoms with Crippen LogP contribution in [0.25, 0.3) is 11.0 Å². The van der Waals surface area contributed by atoms with Crippen molar-refractivity contribution >= 4 is 38.5 Å². The van der Waals surface area contributed by atoms with Crippen molar-refractivity contribution in [2.24, 2.45) is 0 Å². The minimum atomic E-state index is -3.78. The van der Waals surface area contributed by atoms with Gasteiger partial charge in [-0.15, -0.1) is 0 Å². The topological polar surface area (TPSA) is 79.6 Å². The van der Waals surface area contributed by atoms with Crippen molar-refractivity contribution in [3.8, 4) is 0 Å². The molecule has 1 amide bonds. The molecule has 142 valence electrons. The lowest BCUT2D eigenvalue weighted by molar-refractivity contribution is -0.121. The molecule has 2 aromatic carbocycles. The number of nitrogens with one attached hydrogen (secondary N) is 1. The van der Waals surface area contributed by atoms with Gasteiger partial charge < -0.3 is 9.73 Å². The molecule has 0 aliphatic heterocycles. The average Bonchev–Trinajstić information content (AvgIpc) is 3.06. The highest BCUT2D eigenvalue weighted by Gasteiger charge is 2.24. The van der Waals surface area contributed by atoms with Crippen molar-refractivity contribution in [2.75, 3.05) is 13.6 Å². The van der Waals surface area contributed by atoms with Crippen LogP contribution < -0.4 is 5.32 Å². The second kappa shape index (κ2) is 7.72. The van der Waals surface area contributed by atoms with Crippen molar-refractivity contribution in [3.63, 3.8) is 0 Å². The number of carbonyl (C=O) groups is 1. The molecule has 0 bridgehead atoms. The molecule has 8 heteroatoms. The number of hydrogen-bond acceptors (Lipinski definition) is 4. The van der Waals surface area contributed by atoms with Crippen molar-refractivity contribution in [2.45, 2.75) is 17.9 Å². The Morgan fingerprint density at radius 2 is 1.85 bits per heavy atom. The van der Waals surface area contributed by atoms with E-state index >= 15 is 0 Å². The molecule has 0 radical (unpaired) electrons. The summed E-state index contributed by atoms with van der Waals surface area (Å²) in [4.78, 5) is 12.4. The maximum absolute atomic E-state index is 12.5. The van der Waals surface area contributed by atoms with E-state index in [9.17, 15) is 13.2 Å². The molecule has 6 nitrogen and oxygen atoms in total. The van der Waals surface area contributed by atoms with Gasteiger partial charge in [0.2, 0.25) is 15.9 Å². The van der Waals surface area contributed by atoms with Gasteiger partial charge in [-0.1, -0.05) is 29.8 Å². The highest BCUT2D eigenvalue weighted by Crippen LogP contribution is 2.23. The Kier molecular flexibility index (Phi) is 5.55. The number of carbonyl (C=O) groups excluding carboxylic acids is 1. The van der Waals surface area contributed by atoms with Gasteiger partial charge in [-0.2, -0.15) is 4.31 Å². The zero-order valence-electron chi connectivity index (χ0n) is 14.8. The summed E-state index contributed by atoms with van der Waals surface area (Å²) in [5.74, 6) is 0.177. The van der Waals surface area contributed by atoms with E-state index in [1.807, 2.05) is 30.3 Å². The summed E-state index contributed by atoms with van der Waals surface area (Å²) in [7, 11) is -2.42. The minimum absolute atomic E-state index is 0.0764. The van der Waals surface area contributed by atoms with Gasteiger partial charge in [0.15, 0.2) is 0 Å². The SMILES string of the molecule is C[C@@H](NC(=O)CN(C)S(=O)(=O)c1ccc(Cl)cc1)c1cc2ccccc2o1. The number of halogens is 1. The zero-order chi connectivity index (χ0) is 19.6. The Morgan fingerprint density at radius 3 is 2.52 bits per heavy atom. The number of nitrogens with zero attached hydrogens (tertiary/aromatic N) is 1. The summed E-state index contributed by atoms with van der Waals surface area (Å²) in [5, 5.41) is 4.14. The van der Waals surface area contributed by atoms with Crippen LogP contribution in [-0.4, -0.2) is 32.2 Å². The predicted octanol–water partition coefficient (Wildman–Crippen LogP) is 3.58. The third kappa shape index (κ3) is 4.32. The van der Waals surface area contributed by atoms with Crippen molar-refractivity contribution in [3.05, 3.63) is 65.4 Å². The normalized spacial score (nSPS) is 13.0. The Labute approximate surface area is 162 Å². The van der Waals surface area contributed by atoms with Crippen LogP contribution in [0.3, 0.4) is 0 Å². The molecule has 3 aromatic rings. The van der Waals surface area contributed by atoms with Gasteiger partial charge in [-0.25, -0.2) is 8.42 Å². The summed E-state index contributed by atoms with van der Waals surface area (Å²) in [5.41, 5.74) is 0.732. The average molecular weight is 407 g/mol. The van der Waals surface area contributed by atoms with Gasteiger partial charge in [0.05, 0.1) is 17.5 Å². The molecular formula is C19H19ClN2O4S. The predicted molar refractivity (Wildman–Crippen MR) is 104 cm³/mol. The maximum Gasteiger partial charge on any atom is 0.243 e. The van der Waals surface area contributed by atoms with E-state index < -0.39 is 22.0 Å². The standard InChI is InChI=1S/C19H19ClN2O4S/c1-13(18-11-14-5-3-4-6-17(14)26-18)21-19(23)12-22(2)27(24,25)16-9-7-15(20)8-10-16/h3-11,13H,12H2,1-2H3,(H,21,23)/t13-/m1/s1. The lowest BCUT2D eigenvalue weighted by atomic mass is 10.2. The molecule has 0 spiro atoms. The van der Waals surface area contributed by atoms with Crippen LogP contribution in [0.4, 0.5) is 0 Å². The molecule has 0 aliphatic carbocycles. The number of fused-ring (bicyclic) bond motifs is 1. The Bertz CT molecular complexity index is 1030. The summed E-state index contributed by atoms with van der Waals surface area (Å²) in [6.45, 7) is 1.47. The van der Waals surface area contributed by atoms with E-state index in [4.69, 9.17) is 16.0 Å². The van der Waals surface area contributed by atoms with Gasteiger partial charge >= 0.3 is 0 Å². The lowest BCUT2D eigenvalue weighted by Gasteiger charge is -2.18. The van der Waals surface area contributed by atoms with Gasteiger partial charge in [0.25, 0.3) is 0 Å². The number of hydrogen-bond donors (Lipinski definition) is 1. The highest BCUT2D eigenvalue weighted by molar-refractivity contribution is 7.89. The second-order valence-electron chi connectivity index (χ2n) is 6.19. The third-order valence-corrected chi connectivity index (χ3v) is 6.21. The fourth-order valence-electron chi connectivity index (χ4n) is 2.65. The van der Waals surface area contributed by atoms with Crippen LogP contribution in [-0.2, 0) is 14.8 Å². The van der Waals surface area contributed by atoms with Crippen LogP contribution in [0.5, 0.6) is 0 Å². The lowest BCUT2D eigenvalue weighted by Crippen LogP contribution is -2.39. The minimum Gasteiger partial charge on any atom is -0.459 e. The van der Waals surface area contributed by atoms with Gasteiger partial charge in [0, 0.05) is 17.5 Å². The first kappa shape index (κ1) is 19.4. The summed E-state index contributed by atoms with van der Waals surface area (Å²) < 4.78 is 31.8. The number of rotatable bonds is 6. The van der Waals surface area contributed by atoms with Crippen LogP contribution in [0.15, 0.2) is 63.9 Å². The van der Waals surface area contributed by atoms with E-state index in [2.05, 4.69) is 5.32 Å². The Balaban J connectivity index is 1.66. The first-order valence-electron chi connectivity index (χ1n) is 8.27. The van der Waals surface area contributed by atoms with Gasteiger partial charge in [0.1, 0.15) is 11.3 Å². The quantitative estimate of drug-likeness (QED) is 0.678. The number of benzene rings is 2. The molecule has 27 heavy (non-hydrogen) atoms. The second-order valence-corrected chi connectivity index (χ2v) is 8.67. The molecule has 1 N–H and O–H groups in total. The number of amides is 1. The molecule has 3 rings (SSSR count). The van der Waals surface area contributed by atoms with Crippen LogP contribution in [0.1, 0.15) is 18.7 Å². The van der Waals surface area contributed by atoms with E-state index in [1.54, 1.807) is 6.92 Å². The molecule has 1 heterocycles. The number of para-hydroxylation sites is 1. The van der Waals surface area contributed by atoms with Crippen LogP contribution in [0.2, 0.25) is 5.02 Å². The summed E-state index contributed by atoms with van der Waals surface area (Å²) in [6, 6.07) is 14.8. The Hall–Kier alpha value is -2.35. The molecule has 0 aliphatic rings. The number of likely N-dealkylation sites (N-methyl/N-ethyl adjacent to an activating group) is 1. The fraction of sp³-hybridized carbons (Fsp3) is 0.211. The molecular weight excluding hydrogens is 388 g/mol. The maximum atomic E-state index is 12.5. The first-order chi connectivity index (χ1) is 12.8. The van der Waals surface area contributed by atoms with Crippen LogP contribution >= 0.6 is 11.6 Å². The van der Waals surface area contributed by atoms with Crippen molar-refractivity contribution in [1.29, 1.82) is 0 Å². The molecule has 1 aromatic heterocycles. The monoisotopic (exact) mass is 406 g/mol. The Morgan fingerprint density at radius 1 is 1.19 bits per heavy atom. The first-order valence-corrected chi connectivity index (χ1v) is 10.1. The van der Waals surface area contributed by atoms with E-state index in [0.29, 0.717) is 10.8 Å². The van der Waals surface area contributed by atoms with E-state index in [0.717, 1.165) is 15.3 Å². The van der Waals surface area contributed by atoms with Gasteiger partial charge in [-0.05, 0) is 43.3 Å². The largest absolute Gasteiger partial charge is 0.459 e. The summed E-state index contributed by atoms with van der Waals surface area (Å²) in [6.07, 6.45) is 0. The zero-order valence-corrected chi connectivity index (χ0v) is 16.4. The van der Waals surface area contributed by atoms with E-state index in [-0.39, 0.29) is 11.4 Å². The van der Waals surface area contributed by atoms with Crippen molar-refractivity contribution in [1.82, 2.24) is 9.62 Å². The fourth-order valence-corrected chi connectivity index (χ4v) is 3.90. The molecule has 0 saturated heterocycles. The smallest absolute Gasteiger partial charge is 0.243 e. The highest BCUT2D eigenvalue weighted by atomic mass is 35.5. The molecule has 0 fully saturated rings. The molecule has 1 atom stereocenters. The van der Waals surface area contributed by atoms with E-state index in [1.165, 1.54) is 31.3 Å². The molecule has 0 unspecified atom stereocenters. The number of furan rings is 1. The third-order valence-electron chi connectivity index (χ3n) is 4.14. The number of sulfonamides is 1.